The van der Waals surface area contributed by atoms with Gasteiger partial charge in [-0.1, -0.05) is 18.2 Å². The second-order valence-electron chi connectivity index (χ2n) is 4.53. The molecule has 0 aliphatic heterocycles. The third-order valence-electron chi connectivity index (χ3n) is 3.26. The molecule has 0 saturated heterocycles. The fraction of sp³-hybridized carbons (Fsp3) is 0.462. The van der Waals surface area contributed by atoms with Gasteiger partial charge in [0, 0.05) is 0 Å². The Kier molecular flexibility index (Phi) is 3.33. The van der Waals surface area contributed by atoms with Crippen LogP contribution in [0.15, 0.2) is 18.2 Å². The molecule has 0 fully saturated rings. The van der Waals surface area contributed by atoms with E-state index in [-0.39, 0.29) is 6.04 Å². The third kappa shape index (κ3) is 2.58. The number of carboxylic acid groups (broad SMARTS) is 1. The first-order valence-electron chi connectivity index (χ1n) is 5.88. The van der Waals surface area contributed by atoms with Gasteiger partial charge in [-0.3, -0.25) is 0 Å². The van der Waals surface area contributed by atoms with E-state index in [1.54, 1.807) is 6.92 Å². The van der Waals surface area contributed by atoms with Crippen LogP contribution in [0.2, 0.25) is 0 Å². The number of nitrogens with one attached hydrogen (secondary N) is 1. The Bertz CT molecular complexity index is 429. The molecule has 0 aromatic heterocycles. The van der Waals surface area contributed by atoms with Crippen molar-refractivity contribution in [3.63, 3.8) is 0 Å². The van der Waals surface area contributed by atoms with Crippen molar-refractivity contribution in [2.75, 3.05) is 0 Å². The summed E-state index contributed by atoms with van der Waals surface area (Å²) in [6, 6.07) is 5.66. The molecule has 1 aliphatic carbocycles. The first-order chi connectivity index (χ1) is 8.08. The highest BCUT2D eigenvalue weighted by atomic mass is 16.4. The van der Waals surface area contributed by atoms with Gasteiger partial charge >= 0.3 is 6.09 Å². The van der Waals surface area contributed by atoms with Crippen molar-refractivity contribution in [1.82, 2.24) is 5.32 Å². The number of hydrogen-bond donors (Lipinski definition) is 3. The van der Waals surface area contributed by atoms with E-state index in [2.05, 4.69) is 5.32 Å². The molecule has 0 radical (unpaired) electrons. The number of carbonyl (C=O) groups is 1. The van der Waals surface area contributed by atoms with E-state index >= 15 is 0 Å². The summed E-state index contributed by atoms with van der Waals surface area (Å²) in [5.74, 6) is 0. The van der Waals surface area contributed by atoms with Crippen LogP contribution in [0, 0.1) is 0 Å². The van der Waals surface area contributed by atoms with Crippen LogP contribution in [0.25, 0.3) is 0 Å². The molecule has 2 unspecified atom stereocenters. The smallest absolute Gasteiger partial charge is 0.405 e. The maximum absolute atomic E-state index is 10.7. The van der Waals surface area contributed by atoms with Crippen LogP contribution < -0.4 is 5.32 Å². The second-order valence-corrected chi connectivity index (χ2v) is 4.53. The topological polar surface area (TPSA) is 69.6 Å². The number of aliphatic hydroxyl groups is 1. The summed E-state index contributed by atoms with van der Waals surface area (Å²) in [6.45, 7) is 1.73. The summed E-state index contributed by atoms with van der Waals surface area (Å²) in [7, 11) is 0. The summed E-state index contributed by atoms with van der Waals surface area (Å²) in [6.07, 6.45) is 1.30. The molecule has 17 heavy (non-hydrogen) atoms. The molecule has 0 spiro atoms. The molecule has 3 N–H and O–H groups in total. The third-order valence-corrected chi connectivity index (χ3v) is 3.26. The highest BCUT2D eigenvalue weighted by Gasteiger charge is 2.22. The average Bonchev–Trinajstić information content (AvgIpc) is 2.28. The zero-order chi connectivity index (χ0) is 12.4. The Labute approximate surface area is 100 Å². The van der Waals surface area contributed by atoms with Crippen molar-refractivity contribution in [2.24, 2.45) is 0 Å². The van der Waals surface area contributed by atoms with Crippen LogP contribution in [0.3, 0.4) is 0 Å². The van der Waals surface area contributed by atoms with Crippen molar-refractivity contribution in [3.8, 4) is 0 Å². The van der Waals surface area contributed by atoms with Gasteiger partial charge in [0.25, 0.3) is 0 Å². The molecule has 92 valence electrons. The number of amides is 1. The van der Waals surface area contributed by atoms with E-state index in [0.29, 0.717) is 0 Å². The molecule has 2 rings (SSSR count). The van der Waals surface area contributed by atoms with Crippen LogP contribution in [-0.2, 0) is 6.42 Å². The van der Waals surface area contributed by atoms with Gasteiger partial charge in [0.2, 0.25) is 0 Å². The summed E-state index contributed by atoms with van der Waals surface area (Å²) < 4.78 is 0. The molecule has 1 aromatic carbocycles. The van der Waals surface area contributed by atoms with Crippen molar-refractivity contribution in [2.45, 2.75) is 38.3 Å². The molecule has 0 heterocycles. The number of aryl methyl sites for hydroxylation is 1. The zero-order valence-corrected chi connectivity index (χ0v) is 9.81. The molecule has 1 amide bonds. The number of hydrogen-bond acceptors (Lipinski definition) is 2. The highest BCUT2D eigenvalue weighted by Crippen LogP contribution is 2.31. The van der Waals surface area contributed by atoms with Crippen molar-refractivity contribution < 1.29 is 15.0 Å². The van der Waals surface area contributed by atoms with Crippen molar-refractivity contribution in [1.29, 1.82) is 0 Å². The average molecular weight is 235 g/mol. The summed E-state index contributed by atoms with van der Waals surface area (Å²) in [4.78, 5) is 10.7. The lowest BCUT2D eigenvalue weighted by Crippen LogP contribution is -2.29. The van der Waals surface area contributed by atoms with Crippen LogP contribution in [0.1, 0.15) is 48.6 Å². The number of aliphatic hydroxyl groups excluding tert-OH is 1. The van der Waals surface area contributed by atoms with Gasteiger partial charge in [-0.25, -0.2) is 4.79 Å². The second kappa shape index (κ2) is 4.75. The monoisotopic (exact) mass is 235 g/mol. The van der Waals surface area contributed by atoms with Crippen LogP contribution in [0.4, 0.5) is 4.79 Å². The van der Waals surface area contributed by atoms with Crippen molar-refractivity contribution >= 4 is 6.09 Å². The summed E-state index contributed by atoms with van der Waals surface area (Å²) >= 11 is 0. The van der Waals surface area contributed by atoms with E-state index in [4.69, 9.17) is 5.11 Å². The quantitative estimate of drug-likeness (QED) is 0.737. The fourth-order valence-corrected chi connectivity index (χ4v) is 2.39. The minimum Gasteiger partial charge on any atom is -0.465 e. The summed E-state index contributed by atoms with van der Waals surface area (Å²) in [5.41, 5.74) is 3.08. The predicted molar refractivity (Wildman–Crippen MR) is 63.9 cm³/mol. The molecule has 4 nitrogen and oxygen atoms in total. The number of fused-ring (bicyclic) bond motifs is 1. The lowest BCUT2D eigenvalue weighted by Gasteiger charge is -2.26. The first kappa shape index (κ1) is 11.9. The van der Waals surface area contributed by atoms with Gasteiger partial charge in [-0.15, -0.1) is 0 Å². The van der Waals surface area contributed by atoms with Gasteiger partial charge in [-0.2, -0.15) is 0 Å². The van der Waals surface area contributed by atoms with Gasteiger partial charge in [0.05, 0.1) is 12.1 Å². The maximum atomic E-state index is 10.7. The van der Waals surface area contributed by atoms with E-state index < -0.39 is 12.2 Å². The predicted octanol–water partition coefficient (Wildman–Crippen LogP) is 2.38. The molecule has 2 atom stereocenters. The molecule has 0 bridgehead atoms. The van der Waals surface area contributed by atoms with Crippen molar-refractivity contribution in [3.05, 3.63) is 34.9 Å². The van der Waals surface area contributed by atoms with Gasteiger partial charge in [-0.05, 0) is 42.9 Å². The SMILES string of the molecule is CC(O)c1ccc2c(c1)CCCC2NC(=O)O. The molecule has 4 heteroatoms. The Hall–Kier alpha value is -1.55. The van der Waals surface area contributed by atoms with Gasteiger partial charge in [0.15, 0.2) is 0 Å². The lowest BCUT2D eigenvalue weighted by atomic mass is 9.86. The minimum atomic E-state index is -0.984. The molecule has 0 saturated carbocycles. The standard InChI is InChI=1S/C13H17NO3/c1-8(15)9-5-6-11-10(7-9)3-2-4-12(11)14-13(16)17/h5-8,12,14-15H,2-4H2,1H3,(H,16,17). The molecular formula is C13H17NO3. The van der Waals surface area contributed by atoms with Crippen LogP contribution >= 0.6 is 0 Å². The van der Waals surface area contributed by atoms with E-state index in [1.165, 1.54) is 0 Å². The van der Waals surface area contributed by atoms with Gasteiger partial charge < -0.3 is 15.5 Å². The number of rotatable bonds is 2. The fourth-order valence-electron chi connectivity index (χ4n) is 2.39. The van der Waals surface area contributed by atoms with Gasteiger partial charge in [0.1, 0.15) is 0 Å². The molecule has 1 aliphatic rings. The van der Waals surface area contributed by atoms with Crippen LogP contribution in [0.5, 0.6) is 0 Å². The lowest BCUT2D eigenvalue weighted by molar-refractivity contribution is 0.188. The Balaban J connectivity index is 2.30. The Morgan fingerprint density at radius 1 is 1.53 bits per heavy atom. The zero-order valence-electron chi connectivity index (χ0n) is 9.81. The maximum Gasteiger partial charge on any atom is 0.405 e. The van der Waals surface area contributed by atoms with E-state index in [9.17, 15) is 9.90 Å². The van der Waals surface area contributed by atoms with E-state index in [1.807, 2.05) is 18.2 Å². The minimum absolute atomic E-state index is 0.112. The Morgan fingerprint density at radius 2 is 2.29 bits per heavy atom. The number of benzene rings is 1. The first-order valence-corrected chi connectivity index (χ1v) is 5.88. The molecule has 1 aromatic rings. The largest absolute Gasteiger partial charge is 0.465 e. The Morgan fingerprint density at radius 3 is 2.94 bits per heavy atom. The molecular weight excluding hydrogens is 218 g/mol. The van der Waals surface area contributed by atoms with Crippen LogP contribution in [-0.4, -0.2) is 16.3 Å². The highest BCUT2D eigenvalue weighted by molar-refractivity contribution is 5.65. The normalized spacial score (nSPS) is 20.5. The van der Waals surface area contributed by atoms with E-state index in [0.717, 1.165) is 36.0 Å². The summed E-state index contributed by atoms with van der Waals surface area (Å²) in [5, 5.41) is 20.9.